The molecule has 6 nitrogen and oxygen atoms in total. The molecule has 1 N–H and O–H groups in total. The molecule has 0 aliphatic carbocycles. The summed E-state index contributed by atoms with van der Waals surface area (Å²) < 4.78 is 28.6. The van der Waals surface area contributed by atoms with Gasteiger partial charge in [0.1, 0.15) is 5.82 Å². The van der Waals surface area contributed by atoms with Crippen molar-refractivity contribution in [2.24, 2.45) is 0 Å². The third-order valence-electron chi connectivity index (χ3n) is 4.64. The van der Waals surface area contributed by atoms with Crippen LogP contribution in [-0.2, 0) is 13.0 Å². The van der Waals surface area contributed by atoms with Gasteiger partial charge in [0.25, 0.3) is 11.1 Å². The minimum atomic E-state index is -0.288. The molecule has 4 aromatic rings. The van der Waals surface area contributed by atoms with Gasteiger partial charge in [0.2, 0.25) is 0 Å². The fraction of sp³-hybridized carbons (Fsp3) is 0.125. The van der Waals surface area contributed by atoms with Crippen molar-refractivity contribution in [2.45, 2.75) is 13.0 Å². The number of hydrogen-bond acceptors (Lipinski definition) is 6. The SMILES string of the molecule is COc1ccc(C(=O)NCc2ccccc2)cc1Oc1nc(Cc2ccc(F)cc2)ns1. The van der Waals surface area contributed by atoms with Gasteiger partial charge in [-0.2, -0.15) is 9.36 Å². The Morgan fingerprint density at radius 2 is 1.78 bits per heavy atom. The Balaban J connectivity index is 1.45. The summed E-state index contributed by atoms with van der Waals surface area (Å²) in [6.45, 7) is 0.422. The number of ether oxygens (including phenoxy) is 2. The molecule has 1 amide bonds. The largest absolute Gasteiger partial charge is 0.493 e. The summed E-state index contributed by atoms with van der Waals surface area (Å²) in [6.07, 6.45) is 0.458. The lowest BCUT2D eigenvalue weighted by molar-refractivity contribution is 0.0950. The number of nitrogens with zero attached hydrogens (tertiary/aromatic N) is 2. The Hall–Kier alpha value is -3.78. The van der Waals surface area contributed by atoms with Gasteiger partial charge >= 0.3 is 0 Å². The van der Waals surface area contributed by atoms with Gasteiger partial charge in [-0.15, -0.1) is 0 Å². The average molecular weight is 450 g/mol. The first kappa shape index (κ1) is 21.5. The van der Waals surface area contributed by atoms with E-state index in [0.717, 1.165) is 22.7 Å². The van der Waals surface area contributed by atoms with Crippen LogP contribution in [0.1, 0.15) is 27.3 Å². The predicted octanol–water partition coefficient (Wildman–Crippen LogP) is 5.00. The van der Waals surface area contributed by atoms with E-state index in [2.05, 4.69) is 14.7 Å². The van der Waals surface area contributed by atoms with Crippen molar-refractivity contribution in [1.82, 2.24) is 14.7 Å². The summed E-state index contributed by atoms with van der Waals surface area (Å²) in [4.78, 5) is 17.0. The molecular weight excluding hydrogens is 429 g/mol. The van der Waals surface area contributed by atoms with Gasteiger partial charge in [-0.1, -0.05) is 42.5 Å². The Labute approximate surface area is 188 Å². The van der Waals surface area contributed by atoms with Gasteiger partial charge in [-0.25, -0.2) is 4.39 Å². The van der Waals surface area contributed by atoms with Crippen LogP contribution in [0, 0.1) is 5.82 Å². The van der Waals surface area contributed by atoms with Gasteiger partial charge in [0.05, 0.1) is 7.11 Å². The fourth-order valence-electron chi connectivity index (χ4n) is 3.01. The molecule has 3 aromatic carbocycles. The maximum Gasteiger partial charge on any atom is 0.298 e. The number of amides is 1. The van der Waals surface area contributed by atoms with E-state index in [1.54, 1.807) is 30.3 Å². The molecule has 0 unspecified atom stereocenters. The van der Waals surface area contributed by atoms with E-state index in [0.29, 0.717) is 41.0 Å². The second kappa shape index (κ2) is 10.0. The van der Waals surface area contributed by atoms with Crippen LogP contribution in [0.4, 0.5) is 4.39 Å². The van der Waals surface area contributed by atoms with Crippen molar-refractivity contribution in [3.8, 4) is 16.7 Å². The van der Waals surface area contributed by atoms with E-state index in [-0.39, 0.29) is 11.7 Å². The third kappa shape index (κ3) is 5.47. The van der Waals surface area contributed by atoms with E-state index in [4.69, 9.17) is 9.47 Å². The van der Waals surface area contributed by atoms with Crippen LogP contribution in [-0.4, -0.2) is 22.4 Å². The number of carbonyl (C=O) groups excluding carboxylic acids is 1. The predicted molar refractivity (Wildman–Crippen MR) is 120 cm³/mol. The number of halogens is 1. The summed E-state index contributed by atoms with van der Waals surface area (Å²) in [6, 6.07) is 20.8. The summed E-state index contributed by atoms with van der Waals surface area (Å²) in [7, 11) is 1.53. The van der Waals surface area contributed by atoms with Crippen LogP contribution in [0.15, 0.2) is 72.8 Å². The van der Waals surface area contributed by atoms with Crippen molar-refractivity contribution in [3.05, 3.63) is 101 Å². The molecule has 1 aromatic heterocycles. The highest BCUT2D eigenvalue weighted by molar-refractivity contribution is 7.07. The molecule has 0 bridgehead atoms. The van der Waals surface area contributed by atoms with E-state index in [1.165, 1.54) is 19.2 Å². The molecular formula is C24H20FN3O3S. The maximum atomic E-state index is 13.1. The normalized spacial score (nSPS) is 10.6. The van der Waals surface area contributed by atoms with Crippen LogP contribution >= 0.6 is 11.5 Å². The van der Waals surface area contributed by atoms with Crippen LogP contribution < -0.4 is 14.8 Å². The lowest BCUT2D eigenvalue weighted by atomic mass is 10.1. The van der Waals surface area contributed by atoms with Crippen LogP contribution in [0.25, 0.3) is 0 Å². The molecule has 32 heavy (non-hydrogen) atoms. The third-order valence-corrected chi connectivity index (χ3v) is 5.28. The molecule has 1 heterocycles. The molecule has 4 rings (SSSR count). The lowest BCUT2D eigenvalue weighted by Gasteiger charge is -2.10. The Morgan fingerprint density at radius 3 is 2.53 bits per heavy atom. The highest BCUT2D eigenvalue weighted by Crippen LogP contribution is 2.33. The number of rotatable bonds is 8. The zero-order valence-electron chi connectivity index (χ0n) is 17.2. The second-order valence-electron chi connectivity index (χ2n) is 6.92. The summed E-state index contributed by atoms with van der Waals surface area (Å²) in [5, 5.41) is 3.21. The highest BCUT2D eigenvalue weighted by atomic mass is 32.1. The molecule has 0 fully saturated rings. The summed E-state index contributed by atoms with van der Waals surface area (Å²) >= 11 is 1.09. The van der Waals surface area contributed by atoms with Crippen molar-refractivity contribution in [1.29, 1.82) is 0 Å². The highest BCUT2D eigenvalue weighted by Gasteiger charge is 2.14. The molecule has 0 atom stereocenters. The zero-order chi connectivity index (χ0) is 22.3. The molecule has 162 valence electrons. The van der Waals surface area contributed by atoms with E-state index in [1.807, 2.05) is 30.3 Å². The standard InChI is InChI=1S/C24H20FN3O3S/c1-30-20-12-9-18(23(29)26-15-17-5-3-2-4-6-17)14-21(20)31-24-27-22(28-32-24)13-16-7-10-19(25)11-8-16/h2-12,14H,13,15H2,1H3,(H,26,29). The Morgan fingerprint density at radius 1 is 1.00 bits per heavy atom. The smallest absolute Gasteiger partial charge is 0.298 e. The molecule has 8 heteroatoms. The molecule has 0 saturated heterocycles. The Kier molecular flexibility index (Phi) is 6.72. The van der Waals surface area contributed by atoms with Gasteiger partial charge in [0, 0.05) is 30.1 Å². The monoisotopic (exact) mass is 449 g/mol. The molecule has 0 aliphatic rings. The van der Waals surface area contributed by atoms with Gasteiger partial charge < -0.3 is 14.8 Å². The van der Waals surface area contributed by atoms with E-state index in [9.17, 15) is 9.18 Å². The molecule has 0 aliphatic heterocycles. The van der Waals surface area contributed by atoms with Crippen molar-refractivity contribution in [2.75, 3.05) is 7.11 Å². The quantitative estimate of drug-likeness (QED) is 0.410. The minimum Gasteiger partial charge on any atom is -0.493 e. The fourth-order valence-corrected chi connectivity index (χ4v) is 3.57. The maximum absolute atomic E-state index is 13.1. The summed E-state index contributed by atoms with van der Waals surface area (Å²) in [5.41, 5.74) is 2.34. The number of hydrogen-bond donors (Lipinski definition) is 1. The van der Waals surface area contributed by atoms with Gasteiger partial charge in [-0.05, 0) is 41.5 Å². The van der Waals surface area contributed by atoms with Crippen molar-refractivity contribution >= 4 is 17.4 Å². The molecule has 0 spiro atoms. The first-order valence-corrected chi connectivity index (χ1v) is 10.6. The second-order valence-corrected chi connectivity index (χ2v) is 7.63. The molecule has 0 saturated carbocycles. The van der Waals surface area contributed by atoms with E-state index < -0.39 is 0 Å². The van der Waals surface area contributed by atoms with Crippen molar-refractivity contribution < 1.29 is 18.7 Å². The number of carbonyl (C=O) groups is 1. The summed E-state index contributed by atoms with van der Waals surface area (Å²) in [5.74, 6) is 0.885. The first-order valence-electron chi connectivity index (χ1n) is 9.86. The zero-order valence-corrected chi connectivity index (χ0v) is 18.1. The first-order chi connectivity index (χ1) is 15.6. The minimum absolute atomic E-state index is 0.226. The number of nitrogens with one attached hydrogen (secondary N) is 1. The van der Waals surface area contributed by atoms with E-state index >= 15 is 0 Å². The average Bonchev–Trinajstić information content (AvgIpc) is 3.26. The van der Waals surface area contributed by atoms with Gasteiger partial charge in [0.15, 0.2) is 17.3 Å². The van der Waals surface area contributed by atoms with Crippen LogP contribution in [0.2, 0.25) is 0 Å². The van der Waals surface area contributed by atoms with Crippen LogP contribution in [0.3, 0.4) is 0 Å². The topological polar surface area (TPSA) is 73.3 Å². The Bertz CT molecular complexity index is 1200. The number of benzene rings is 3. The lowest BCUT2D eigenvalue weighted by Crippen LogP contribution is -2.22. The van der Waals surface area contributed by atoms with Crippen molar-refractivity contribution in [3.63, 3.8) is 0 Å². The van der Waals surface area contributed by atoms with Gasteiger partial charge in [-0.3, -0.25) is 4.79 Å². The molecule has 0 radical (unpaired) electrons. The van der Waals surface area contributed by atoms with Crippen LogP contribution in [0.5, 0.6) is 16.7 Å². The number of aromatic nitrogens is 2. The number of methoxy groups -OCH3 is 1.